The van der Waals surface area contributed by atoms with Crippen molar-refractivity contribution in [1.29, 1.82) is 0 Å². The molecule has 0 heterocycles. The Bertz CT molecular complexity index is 437. The van der Waals surface area contributed by atoms with Gasteiger partial charge in [-0.3, -0.25) is 4.79 Å². The minimum absolute atomic E-state index is 0.0266. The number of carbonyl (C=O) groups excluding carboxylic acids is 1. The Morgan fingerprint density at radius 1 is 1.39 bits per heavy atom. The third kappa shape index (κ3) is 4.82. The van der Waals surface area contributed by atoms with Gasteiger partial charge in [-0.15, -0.1) is 0 Å². The maximum absolute atomic E-state index is 13.2. The van der Waals surface area contributed by atoms with E-state index >= 15 is 0 Å². The largest absolute Gasteiger partial charge is 0.481 e. The number of amides is 2. The van der Waals surface area contributed by atoms with Crippen molar-refractivity contribution < 1.29 is 19.1 Å². The molecule has 0 radical (unpaired) electrons. The summed E-state index contributed by atoms with van der Waals surface area (Å²) in [6.07, 6.45) is 0.293. The molecule has 5 nitrogen and oxygen atoms in total. The van der Waals surface area contributed by atoms with Gasteiger partial charge in [-0.2, -0.15) is 0 Å². The van der Waals surface area contributed by atoms with Crippen LogP contribution in [0, 0.1) is 5.82 Å². The lowest BCUT2D eigenvalue weighted by atomic mass is 10.2. The van der Waals surface area contributed by atoms with E-state index in [4.69, 9.17) is 5.11 Å². The van der Waals surface area contributed by atoms with Gasteiger partial charge in [0, 0.05) is 12.5 Å². The second kappa shape index (κ2) is 6.58. The molecule has 0 aliphatic rings. The van der Waals surface area contributed by atoms with Crippen molar-refractivity contribution in [1.82, 2.24) is 5.32 Å². The van der Waals surface area contributed by atoms with E-state index in [9.17, 15) is 14.0 Å². The fraction of sp³-hybridized carbons (Fsp3) is 0.333. The molecule has 0 spiro atoms. The predicted molar refractivity (Wildman–Crippen MR) is 64.9 cm³/mol. The van der Waals surface area contributed by atoms with Crippen LogP contribution in [-0.4, -0.2) is 23.1 Å². The van der Waals surface area contributed by atoms with E-state index in [2.05, 4.69) is 10.6 Å². The first-order valence-electron chi connectivity index (χ1n) is 5.53. The van der Waals surface area contributed by atoms with Crippen molar-refractivity contribution in [2.45, 2.75) is 25.8 Å². The number of halogens is 1. The molecule has 98 valence electrons. The van der Waals surface area contributed by atoms with E-state index in [1.807, 2.05) is 0 Å². The van der Waals surface area contributed by atoms with Crippen molar-refractivity contribution in [2.24, 2.45) is 0 Å². The number of aliphatic carboxylic acids is 1. The van der Waals surface area contributed by atoms with Crippen LogP contribution in [0.15, 0.2) is 24.3 Å². The lowest BCUT2D eigenvalue weighted by Gasteiger charge is -2.13. The molecule has 0 aromatic heterocycles. The quantitative estimate of drug-likeness (QED) is 0.753. The summed E-state index contributed by atoms with van der Waals surface area (Å²) in [4.78, 5) is 21.8. The molecule has 3 N–H and O–H groups in total. The Morgan fingerprint density at radius 3 is 2.67 bits per heavy atom. The number of para-hydroxylation sites is 1. The number of urea groups is 1. The summed E-state index contributed by atoms with van der Waals surface area (Å²) in [6.45, 7) is 1.68. The maximum atomic E-state index is 13.2. The minimum atomic E-state index is -0.918. The first-order chi connectivity index (χ1) is 8.49. The molecular formula is C12H15FN2O3. The van der Waals surface area contributed by atoms with Crippen LogP contribution in [0.4, 0.5) is 14.9 Å². The van der Waals surface area contributed by atoms with Crippen LogP contribution < -0.4 is 10.6 Å². The topological polar surface area (TPSA) is 78.4 Å². The number of carboxylic acids is 1. The summed E-state index contributed by atoms with van der Waals surface area (Å²) in [5.74, 6) is -1.44. The van der Waals surface area contributed by atoms with Crippen LogP contribution in [0.3, 0.4) is 0 Å². The van der Waals surface area contributed by atoms with Crippen LogP contribution in [0.5, 0.6) is 0 Å². The van der Waals surface area contributed by atoms with Crippen LogP contribution in [-0.2, 0) is 4.79 Å². The fourth-order valence-corrected chi connectivity index (χ4v) is 1.36. The van der Waals surface area contributed by atoms with Crippen molar-refractivity contribution in [3.63, 3.8) is 0 Å². The third-order valence-electron chi connectivity index (χ3n) is 2.29. The zero-order valence-electron chi connectivity index (χ0n) is 9.94. The second-order valence-electron chi connectivity index (χ2n) is 3.91. The Labute approximate surface area is 104 Å². The number of nitrogens with one attached hydrogen (secondary N) is 2. The van der Waals surface area contributed by atoms with Crippen LogP contribution in [0.2, 0.25) is 0 Å². The molecule has 1 atom stereocenters. The molecule has 0 fully saturated rings. The van der Waals surface area contributed by atoms with E-state index < -0.39 is 17.8 Å². The molecule has 1 rings (SSSR count). The Morgan fingerprint density at radius 2 is 2.06 bits per heavy atom. The van der Waals surface area contributed by atoms with Gasteiger partial charge in [-0.05, 0) is 25.5 Å². The van der Waals surface area contributed by atoms with Gasteiger partial charge in [0.25, 0.3) is 0 Å². The van der Waals surface area contributed by atoms with E-state index in [1.165, 1.54) is 18.2 Å². The van der Waals surface area contributed by atoms with Crippen molar-refractivity contribution in [3.8, 4) is 0 Å². The summed E-state index contributed by atoms with van der Waals surface area (Å²) >= 11 is 0. The van der Waals surface area contributed by atoms with Crippen LogP contribution in [0.25, 0.3) is 0 Å². The zero-order chi connectivity index (χ0) is 13.5. The molecular weight excluding hydrogens is 239 g/mol. The molecule has 6 heteroatoms. The van der Waals surface area contributed by atoms with E-state index in [0.717, 1.165) is 0 Å². The molecule has 0 saturated heterocycles. The first kappa shape index (κ1) is 14.0. The normalized spacial score (nSPS) is 11.7. The first-order valence-corrected chi connectivity index (χ1v) is 5.53. The lowest BCUT2D eigenvalue weighted by molar-refractivity contribution is -0.137. The monoisotopic (exact) mass is 254 g/mol. The number of benzene rings is 1. The van der Waals surface area contributed by atoms with E-state index in [0.29, 0.717) is 6.42 Å². The number of carboxylic acid groups (broad SMARTS) is 1. The molecule has 18 heavy (non-hydrogen) atoms. The summed E-state index contributed by atoms with van der Waals surface area (Å²) < 4.78 is 13.2. The van der Waals surface area contributed by atoms with Gasteiger partial charge >= 0.3 is 12.0 Å². The molecule has 1 aromatic rings. The van der Waals surface area contributed by atoms with Gasteiger partial charge in [0.1, 0.15) is 5.82 Å². The summed E-state index contributed by atoms with van der Waals surface area (Å²) in [6, 6.07) is 4.95. The van der Waals surface area contributed by atoms with Gasteiger partial charge in [0.2, 0.25) is 0 Å². The van der Waals surface area contributed by atoms with Crippen LogP contribution >= 0.6 is 0 Å². The molecule has 0 aliphatic heterocycles. The summed E-state index contributed by atoms with van der Waals surface area (Å²) in [7, 11) is 0. The predicted octanol–water partition coefficient (Wildman–Crippen LogP) is 2.20. The second-order valence-corrected chi connectivity index (χ2v) is 3.91. The average molecular weight is 254 g/mol. The van der Waals surface area contributed by atoms with Gasteiger partial charge in [-0.1, -0.05) is 12.1 Å². The molecule has 1 unspecified atom stereocenters. The molecule has 0 saturated carbocycles. The van der Waals surface area contributed by atoms with Crippen molar-refractivity contribution >= 4 is 17.7 Å². The molecule has 1 aromatic carbocycles. The number of anilines is 1. The van der Waals surface area contributed by atoms with Gasteiger partial charge < -0.3 is 15.7 Å². The van der Waals surface area contributed by atoms with Crippen molar-refractivity contribution in [2.75, 3.05) is 5.32 Å². The standard InChI is InChI=1S/C12H15FN2O3/c1-8(6-7-11(16)17)14-12(18)15-10-5-3-2-4-9(10)13/h2-5,8H,6-7H2,1H3,(H,16,17)(H2,14,15,18). The minimum Gasteiger partial charge on any atom is -0.481 e. The van der Waals surface area contributed by atoms with Crippen LogP contribution in [0.1, 0.15) is 19.8 Å². The molecule has 0 aliphatic carbocycles. The number of carbonyl (C=O) groups is 2. The summed E-state index contributed by atoms with van der Waals surface area (Å²) in [5.41, 5.74) is 0.0837. The molecule has 2 amide bonds. The highest BCUT2D eigenvalue weighted by atomic mass is 19.1. The zero-order valence-corrected chi connectivity index (χ0v) is 9.94. The van der Waals surface area contributed by atoms with Crippen molar-refractivity contribution in [3.05, 3.63) is 30.1 Å². The SMILES string of the molecule is CC(CCC(=O)O)NC(=O)Nc1ccccc1F. The summed E-state index contributed by atoms with van der Waals surface area (Å²) in [5, 5.41) is 13.4. The maximum Gasteiger partial charge on any atom is 0.319 e. The van der Waals surface area contributed by atoms with E-state index in [-0.39, 0.29) is 18.2 Å². The highest BCUT2D eigenvalue weighted by molar-refractivity contribution is 5.89. The highest BCUT2D eigenvalue weighted by Gasteiger charge is 2.10. The smallest absolute Gasteiger partial charge is 0.319 e. The average Bonchev–Trinajstić information content (AvgIpc) is 2.29. The Kier molecular flexibility index (Phi) is 5.10. The third-order valence-corrected chi connectivity index (χ3v) is 2.29. The van der Waals surface area contributed by atoms with Gasteiger partial charge in [0.05, 0.1) is 5.69 Å². The van der Waals surface area contributed by atoms with Gasteiger partial charge in [-0.25, -0.2) is 9.18 Å². The highest BCUT2D eigenvalue weighted by Crippen LogP contribution is 2.12. The lowest BCUT2D eigenvalue weighted by Crippen LogP contribution is -2.36. The van der Waals surface area contributed by atoms with E-state index in [1.54, 1.807) is 13.0 Å². The number of hydrogen-bond donors (Lipinski definition) is 3. The fourth-order valence-electron chi connectivity index (χ4n) is 1.36. The number of rotatable bonds is 5. The molecule has 0 bridgehead atoms. The Hall–Kier alpha value is -2.11. The number of hydrogen-bond acceptors (Lipinski definition) is 2. The Balaban J connectivity index is 2.42. The van der Waals surface area contributed by atoms with Gasteiger partial charge in [0.15, 0.2) is 0 Å².